The van der Waals surface area contributed by atoms with Crippen molar-refractivity contribution in [2.75, 3.05) is 12.4 Å². The van der Waals surface area contributed by atoms with Crippen molar-refractivity contribution in [2.24, 2.45) is 5.41 Å². The molecule has 1 aliphatic carbocycles. The van der Waals surface area contributed by atoms with Crippen LogP contribution in [-0.2, 0) is 19.1 Å². The van der Waals surface area contributed by atoms with Crippen LogP contribution in [0.3, 0.4) is 0 Å². The minimum absolute atomic E-state index is 0.204. The maximum atomic E-state index is 13.6. The van der Waals surface area contributed by atoms with Gasteiger partial charge in [0, 0.05) is 21.3 Å². The van der Waals surface area contributed by atoms with Crippen molar-refractivity contribution in [2.45, 2.75) is 66.4 Å². The molecule has 1 aromatic heterocycles. The summed E-state index contributed by atoms with van der Waals surface area (Å²) in [7, 11) is 1.49. The summed E-state index contributed by atoms with van der Waals surface area (Å²) < 4.78 is 11.9. The number of methoxy groups -OCH3 is 1. The Labute approximate surface area is 221 Å². The summed E-state index contributed by atoms with van der Waals surface area (Å²) in [5.74, 6) is -0.845. The molecule has 2 N–H and O–H groups in total. The Morgan fingerprint density at radius 3 is 2.41 bits per heavy atom. The topological polar surface area (TPSA) is 102 Å². The second kappa shape index (κ2) is 10.9. The van der Waals surface area contributed by atoms with Gasteiger partial charge in [0.05, 0.1) is 12.5 Å². The zero-order chi connectivity index (χ0) is 27.5. The number of hydrogen-bond donors (Lipinski definition) is 2. The van der Waals surface area contributed by atoms with Gasteiger partial charge in [0.25, 0.3) is 0 Å². The van der Waals surface area contributed by atoms with E-state index in [0.717, 1.165) is 15.6 Å². The maximum absolute atomic E-state index is 13.6. The van der Waals surface area contributed by atoms with E-state index in [0.29, 0.717) is 36.3 Å². The number of hydrogen-bond acceptors (Lipinski definition) is 7. The minimum Gasteiger partial charge on any atom is -0.507 e. The highest BCUT2D eigenvalue weighted by Gasteiger charge is 2.49. The van der Waals surface area contributed by atoms with Gasteiger partial charge in [0.2, 0.25) is 0 Å². The number of aliphatic hydroxyl groups is 1. The predicted octanol–water partition coefficient (Wildman–Crippen LogP) is 7.34. The summed E-state index contributed by atoms with van der Waals surface area (Å²) in [5, 5.41) is 16.4. The first-order valence-corrected chi connectivity index (χ1v) is 13.3. The van der Waals surface area contributed by atoms with Crippen molar-refractivity contribution in [3.8, 4) is 0 Å². The van der Waals surface area contributed by atoms with Gasteiger partial charge in [0.1, 0.15) is 22.7 Å². The number of carbonyl (C=O) groups excluding carboxylic acids is 3. The molecule has 0 fully saturated rings. The van der Waals surface area contributed by atoms with Gasteiger partial charge in [0.15, 0.2) is 11.6 Å². The summed E-state index contributed by atoms with van der Waals surface area (Å²) in [6.45, 7) is 11.0. The fraction of sp³-hybridized carbons (Fsp3) is 0.414. The van der Waals surface area contributed by atoms with E-state index in [4.69, 9.17) is 9.47 Å². The molecule has 37 heavy (non-hydrogen) atoms. The zero-order valence-corrected chi connectivity index (χ0v) is 23.3. The maximum Gasteiger partial charge on any atom is 0.412 e. The molecule has 7 nitrogen and oxygen atoms in total. The molecule has 1 amide bonds. The van der Waals surface area contributed by atoms with Crippen LogP contribution in [0.2, 0.25) is 0 Å². The van der Waals surface area contributed by atoms with E-state index in [1.165, 1.54) is 24.5 Å². The van der Waals surface area contributed by atoms with Crippen LogP contribution >= 0.6 is 11.3 Å². The quantitative estimate of drug-likeness (QED) is 0.276. The number of allylic oxidation sites excluding steroid dienone is 4. The van der Waals surface area contributed by atoms with Gasteiger partial charge >= 0.3 is 6.09 Å². The van der Waals surface area contributed by atoms with Gasteiger partial charge in [-0.1, -0.05) is 20.8 Å². The summed E-state index contributed by atoms with van der Waals surface area (Å²) in [6, 6.07) is 5.47. The summed E-state index contributed by atoms with van der Waals surface area (Å²) in [6.07, 6.45) is 3.72. The lowest BCUT2D eigenvalue weighted by molar-refractivity contribution is -0.128. The smallest absolute Gasteiger partial charge is 0.412 e. The predicted molar refractivity (Wildman–Crippen MR) is 148 cm³/mol. The van der Waals surface area contributed by atoms with Crippen LogP contribution in [-0.4, -0.2) is 35.5 Å². The van der Waals surface area contributed by atoms with E-state index in [-0.39, 0.29) is 11.3 Å². The van der Waals surface area contributed by atoms with Crippen LogP contribution in [0.5, 0.6) is 0 Å². The Hall–Kier alpha value is -3.39. The summed E-state index contributed by atoms with van der Waals surface area (Å²) in [5.41, 5.74) is -0.00508. The number of anilines is 1. The van der Waals surface area contributed by atoms with E-state index in [1.54, 1.807) is 32.9 Å². The van der Waals surface area contributed by atoms with Crippen molar-refractivity contribution in [3.63, 3.8) is 0 Å². The number of carbonyl (C=O) groups is 3. The number of thiophene rings is 1. The van der Waals surface area contributed by atoms with Crippen LogP contribution in [0.15, 0.2) is 52.3 Å². The minimum atomic E-state index is -0.984. The van der Waals surface area contributed by atoms with E-state index in [9.17, 15) is 19.5 Å². The largest absolute Gasteiger partial charge is 0.507 e. The molecule has 0 spiro atoms. The SMILES string of the molecule is CCC1=C(OC)C(CC)(CC)C(=O)C(C(=O)/C=C/c2csc3ccc(NC(=O)OC(C)(C)C)cc23)=C1O. The number of rotatable bonds is 8. The normalized spacial score (nSPS) is 16.0. The number of amides is 1. The Balaban J connectivity index is 1.96. The number of aliphatic hydroxyl groups excluding tert-OH is 1. The Morgan fingerprint density at radius 2 is 1.84 bits per heavy atom. The van der Waals surface area contributed by atoms with Crippen LogP contribution in [0.25, 0.3) is 16.2 Å². The molecule has 1 aliphatic rings. The number of ether oxygens (including phenoxy) is 2. The van der Waals surface area contributed by atoms with Crippen LogP contribution < -0.4 is 5.32 Å². The lowest BCUT2D eigenvalue weighted by Crippen LogP contribution is -2.40. The van der Waals surface area contributed by atoms with Crippen LogP contribution in [0.1, 0.15) is 66.4 Å². The molecule has 0 radical (unpaired) electrons. The molecule has 2 aromatic rings. The molecule has 0 bridgehead atoms. The van der Waals surface area contributed by atoms with Crippen molar-refractivity contribution in [1.29, 1.82) is 0 Å². The number of benzene rings is 1. The fourth-order valence-electron chi connectivity index (χ4n) is 4.69. The molecule has 0 aliphatic heterocycles. The second-order valence-corrected chi connectivity index (χ2v) is 10.8. The standard InChI is InChI=1S/C29H35NO6S/c1-8-19-24(32)23(25(33)29(9-2,10-3)26(19)35-7)21(31)13-11-17-16-37-22-14-12-18(15-20(17)22)30-27(34)36-28(4,5)6/h11-16,32H,8-10H2,1-7H3,(H,30,34)/b13-11+. The van der Waals surface area contributed by atoms with Crippen molar-refractivity contribution >= 4 is 50.8 Å². The highest BCUT2D eigenvalue weighted by molar-refractivity contribution is 7.17. The Kier molecular flexibility index (Phi) is 8.32. The van der Waals surface area contributed by atoms with E-state index >= 15 is 0 Å². The van der Waals surface area contributed by atoms with Crippen molar-refractivity contribution in [1.82, 2.24) is 0 Å². The number of nitrogens with one attached hydrogen (secondary N) is 1. The molecule has 3 rings (SSSR count). The van der Waals surface area contributed by atoms with Gasteiger partial charge < -0.3 is 14.6 Å². The average molecular weight is 526 g/mol. The van der Waals surface area contributed by atoms with E-state index in [2.05, 4.69) is 5.32 Å². The van der Waals surface area contributed by atoms with Crippen LogP contribution in [0, 0.1) is 5.41 Å². The second-order valence-electron chi connectivity index (χ2n) is 9.93. The third-order valence-corrected chi connectivity index (χ3v) is 7.55. The van der Waals surface area contributed by atoms with Gasteiger partial charge in [-0.3, -0.25) is 14.9 Å². The monoisotopic (exact) mass is 525 g/mol. The molecule has 1 heterocycles. The lowest BCUT2D eigenvalue weighted by Gasteiger charge is -2.37. The third-order valence-electron chi connectivity index (χ3n) is 6.57. The molecular formula is C29H35NO6S. The molecular weight excluding hydrogens is 490 g/mol. The van der Waals surface area contributed by atoms with Gasteiger partial charge in [-0.15, -0.1) is 11.3 Å². The highest BCUT2D eigenvalue weighted by Crippen LogP contribution is 2.46. The van der Waals surface area contributed by atoms with Crippen molar-refractivity contribution in [3.05, 3.63) is 57.9 Å². The molecule has 0 unspecified atom stereocenters. The first kappa shape index (κ1) is 28.2. The lowest BCUT2D eigenvalue weighted by atomic mass is 9.68. The fourth-order valence-corrected chi connectivity index (χ4v) is 5.60. The molecule has 1 aromatic carbocycles. The summed E-state index contributed by atoms with van der Waals surface area (Å²) in [4.78, 5) is 39.1. The van der Waals surface area contributed by atoms with E-state index < -0.39 is 28.7 Å². The van der Waals surface area contributed by atoms with Gasteiger partial charge in [-0.25, -0.2) is 4.79 Å². The Morgan fingerprint density at radius 1 is 1.16 bits per heavy atom. The van der Waals surface area contributed by atoms with Gasteiger partial charge in [-0.05, 0) is 81.3 Å². The first-order valence-electron chi connectivity index (χ1n) is 12.4. The molecule has 0 atom stereocenters. The molecule has 8 heteroatoms. The van der Waals surface area contributed by atoms with Crippen molar-refractivity contribution < 1.29 is 29.0 Å². The number of Topliss-reactive ketones (excluding diaryl/α,β-unsaturated/α-hetero) is 1. The highest BCUT2D eigenvalue weighted by atomic mass is 32.1. The zero-order valence-electron chi connectivity index (χ0n) is 22.5. The average Bonchev–Trinajstić information content (AvgIpc) is 3.23. The third kappa shape index (κ3) is 5.49. The van der Waals surface area contributed by atoms with Gasteiger partial charge in [-0.2, -0.15) is 0 Å². The molecule has 0 saturated carbocycles. The first-order chi connectivity index (χ1) is 17.4. The molecule has 0 saturated heterocycles. The summed E-state index contributed by atoms with van der Waals surface area (Å²) >= 11 is 1.50. The Bertz CT molecular complexity index is 1320. The van der Waals surface area contributed by atoms with E-state index in [1.807, 2.05) is 38.3 Å². The van der Waals surface area contributed by atoms with Crippen LogP contribution in [0.4, 0.5) is 10.5 Å². The number of ketones is 2. The number of fused-ring (bicyclic) bond motifs is 1. The molecule has 198 valence electrons.